The van der Waals surface area contributed by atoms with Crippen LogP contribution in [0.2, 0.25) is 0 Å². The third-order valence-electron chi connectivity index (χ3n) is 10.5. The van der Waals surface area contributed by atoms with Gasteiger partial charge < -0.3 is 44.1 Å². The lowest BCUT2D eigenvalue weighted by Gasteiger charge is -2.34. The lowest BCUT2D eigenvalue weighted by Crippen LogP contribution is -2.53. The van der Waals surface area contributed by atoms with Crippen molar-refractivity contribution < 1.29 is 53.1 Å². The van der Waals surface area contributed by atoms with Gasteiger partial charge in [-0.2, -0.15) is 0 Å². The highest BCUT2D eigenvalue weighted by Gasteiger charge is 2.55. The standard InChI is InChI=1S/C46H54N2O11/c1-45(2,3)58-40(51)19-18-36(29-50)47-42(52)37(24-31-10-6-5-7-11-31)48(4)43(53)35-25-38(56-44(54)32-16-14-30(15-17-32)20-22-55-23-21-49)41-39(26-35)57-46(59-41)27-33-12-8-9-13-34(33)28-46/h5-17,20,22,26,36-39,41,49-50H,18-19,21,23-25,27-29H2,1-4H3,(H,47,52). The van der Waals surface area contributed by atoms with Crippen molar-refractivity contribution in [3.8, 4) is 0 Å². The Labute approximate surface area is 344 Å². The van der Waals surface area contributed by atoms with Crippen molar-refractivity contribution in [3.63, 3.8) is 0 Å². The van der Waals surface area contributed by atoms with Crippen LogP contribution in [0.5, 0.6) is 0 Å². The molecule has 1 aliphatic heterocycles. The molecule has 0 radical (unpaired) electrons. The Morgan fingerprint density at radius 1 is 0.949 bits per heavy atom. The highest BCUT2D eigenvalue weighted by atomic mass is 16.8. The topological polar surface area (TPSA) is 170 Å². The van der Waals surface area contributed by atoms with Gasteiger partial charge in [-0.05, 0) is 73.7 Å². The smallest absolute Gasteiger partial charge is 0.338 e. The number of likely N-dealkylation sites (N-methyl/N-ethyl adjacent to an activating group) is 1. The zero-order chi connectivity index (χ0) is 42.2. The van der Waals surface area contributed by atoms with Crippen LogP contribution in [0.25, 0.3) is 6.08 Å². The predicted octanol–water partition coefficient (Wildman–Crippen LogP) is 4.47. The minimum absolute atomic E-state index is 0.000313. The second-order valence-electron chi connectivity index (χ2n) is 16.2. The van der Waals surface area contributed by atoms with E-state index in [9.17, 15) is 24.3 Å². The minimum Gasteiger partial charge on any atom is -0.499 e. The molecule has 5 unspecified atom stereocenters. The average molecular weight is 811 g/mol. The summed E-state index contributed by atoms with van der Waals surface area (Å²) in [5.74, 6) is -3.04. The number of benzene rings is 3. The molecule has 3 aromatic rings. The fourth-order valence-electron chi connectivity index (χ4n) is 7.64. The van der Waals surface area contributed by atoms with E-state index in [1.165, 1.54) is 11.2 Å². The molecule has 0 aromatic heterocycles. The Bertz CT molecular complexity index is 1980. The lowest BCUT2D eigenvalue weighted by molar-refractivity contribution is -0.172. The maximum atomic E-state index is 14.6. The van der Waals surface area contributed by atoms with Gasteiger partial charge in [-0.25, -0.2) is 4.79 Å². The largest absolute Gasteiger partial charge is 0.499 e. The number of hydrogen-bond acceptors (Lipinski definition) is 11. The van der Waals surface area contributed by atoms with Crippen molar-refractivity contribution in [2.24, 2.45) is 0 Å². The molecular weight excluding hydrogens is 757 g/mol. The van der Waals surface area contributed by atoms with Crippen LogP contribution in [-0.4, -0.2) is 108 Å². The fourth-order valence-corrected chi connectivity index (χ4v) is 7.64. The summed E-state index contributed by atoms with van der Waals surface area (Å²) in [4.78, 5) is 56.2. The highest BCUT2D eigenvalue weighted by Crippen LogP contribution is 2.45. The van der Waals surface area contributed by atoms with Gasteiger partial charge in [0.05, 0.1) is 31.1 Å². The first-order chi connectivity index (χ1) is 28.3. The Balaban J connectivity index is 1.23. The van der Waals surface area contributed by atoms with E-state index in [1.54, 1.807) is 64.2 Å². The van der Waals surface area contributed by atoms with Crippen molar-refractivity contribution in [1.82, 2.24) is 10.2 Å². The van der Waals surface area contributed by atoms with Gasteiger partial charge in [0.25, 0.3) is 0 Å². The van der Waals surface area contributed by atoms with Crippen LogP contribution in [0.15, 0.2) is 96.8 Å². The number of nitrogens with zero attached hydrogens (tertiary/aromatic N) is 1. The third kappa shape index (κ3) is 11.2. The van der Waals surface area contributed by atoms with E-state index in [-0.39, 0.29) is 38.9 Å². The summed E-state index contributed by atoms with van der Waals surface area (Å²) < 4.78 is 30.1. The number of rotatable bonds is 16. The SMILES string of the molecule is CN(C(=O)C1=CC2OC3(Cc4ccccc4C3)OC2C(OC(=O)c2ccc(C=COCCO)cc2)C1)C(Cc1ccccc1)C(=O)NC(CO)CCC(=O)OC(C)(C)C. The summed E-state index contributed by atoms with van der Waals surface area (Å²) in [6.07, 6.45) is 3.80. The summed E-state index contributed by atoms with van der Waals surface area (Å²) in [6, 6.07) is 22.2. The van der Waals surface area contributed by atoms with Gasteiger partial charge in [0.2, 0.25) is 11.8 Å². The Kier molecular flexibility index (Phi) is 14.0. The molecule has 13 nitrogen and oxygen atoms in total. The van der Waals surface area contributed by atoms with Crippen LogP contribution in [0.1, 0.15) is 72.6 Å². The van der Waals surface area contributed by atoms with Crippen LogP contribution in [0.4, 0.5) is 0 Å². The molecule has 3 N–H and O–H groups in total. The fraction of sp³-hybridized carbons (Fsp3) is 0.435. The maximum absolute atomic E-state index is 14.6. The molecule has 59 heavy (non-hydrogen) atoms. The predicted molar refractivity (Wildman–Crippen MR) is 218 cm³/mol. The Morgan fingerprint density at radius 2 is 1.63 bits per heavy atom. The Hall–Kier alpha value is -5.34. The number of amides is 2. The highest BCUT2D eigenvalue weighted by molar-refractivity contribution is 5.97. The first kappa shape index (κ1) is 43.2. The number of hydrogen-bond donors (Lipinski definition) is 3. The van der Waals surface area contributed by atoms with E-state index >= 15 is 0 Å². The van der Waals surface area contributed by atoms with Gasteiger partial charge in [-0.15, -0.1) is 0 Å². The van der Waals surface area contributed by atoms with Crippen LogP contribution < -0.4 is 5.32 Å². The minimum atomic E-state index is -1.02. The lowest BCUT2D eigenvalue weighted by atomic mass is 9.90. The first-order valence-electron chi connectivity index (χ1n) is 20.0. The normalized spacial score (nSPS) is 20.2. The molecule has 6 rings (SSSR count). The van der Waals surface area contributed by atoms with E-state index < -0.39 is 72.1 Å². The molecule has 1 heterocycles. The van der Waals surface area contributed by atoms with E-state index in [0.29, 0.717) is 24.0 Å². The number of nitrogens with one attached hydrogen (secondary N) is 1. The van der Waals surface area contributed by atoms with Crippen molar-refractivity contribution in [2.45, 2.75) is 101 Å². The number of aliphatic hydroxyl groups excluding tert-OH is 2. The molecule has 2 amide bonds. The quantitative estimate of drug-likeness (QED) is 0.106. The second kappa shape index (κ2) is 19.2. The van der Waals surface area contributed by atoms with Gasteiger partial charge in [-0.3, -0.25) is 14.4 Å². The van der Waals surface area contributed by atoms with E-state index in [1.807, 2.05) is 54.6 Å². The molecule has 3 aromatic carbocycles. The van der Waals surface area contributed by atoms with E-state index in [4.69, 9.17) is 28.8 Å². The molecule has 3 aliphatic rings. The van der Waals surface area contributed by atoms with Gasteiger partial charge in [-0.1, -0.05) is 66.7 Å². The molecule has 314 valence electrons. The molecule has 13 heteroatoms. The van der Waals surface area contributed by atoms with Crippen molar-refractivity contribution in [1.29, 1.82) is 0 Å². The molecule has 1 fully saturated rings. The van der Waals surface area contributed by atoms with Gasteiger partial charge in [0.1, 0.15) is 36.6 Å². The molecule has 1 saturated heterocycles. The second-order valence-corrected chi connectivity index (χ2v) is 16.2. The summed E-state index contributed by atoms with van der Waals surface area (Å²) in [7, 11) is 1.55. The van der Waals surface area contributed by atoms with Crippen LogP contribution in [0, 0.1) is 0 Å². The van der Waals surface area contributed by atoms with Crippen LogP contribution in [-0.2, 0) is 57.3 Å². The van der Waals surface area contributed by atoms with Crippen molar-refractivity contribution in [2.75, 3.05) is 26.9 Å². The average Bonchev–Trinajstić information content (AvgIpc) is 3.77. The number of carbonyl (C=O) groups is 4. The van der Waals surface area contributed by atoms with Gasteiger partial charge >= 0.3 is 11.9 Å². The van der Waals surface area contributed by atoms with Gasteiger partial charge in [0.15, 0.2) is 5.79 Å². The zero-order valence-corrected chi connectivity index (χ0v) is 34.0. The maximum Gasteiger partial charge on any atom is 0.338 e. The van der Waals surface area contributed by atoms with Crippen molar-refractivity contribution >= 4 is 29.8 Å². The van der Waals surface area contributed by atoms with Crippen LogP contribution >= 0.6 is 0 Å². The molecule has 1 spiro atoms. The number of esters is 2. The number of fused-ring (bicyclic) bond motifs is 2. The summed E-state index contributed by atoms with van der Waals surface area (Å²) in [5.41, 5.74) is 3.68. The van der Waals surface area contributed by atoms with Crippen LogP contribution in [0.3, 0.4) is 0 Å². The summed E-state index contributed by atoms with van der Waals surface area (Å²) in [6.45, 7) is 4.93. The summed E-state index contributed by atoms with van der Waals surface area (Å²) in [5, 5.41) is 22.0. The number of carbonyl (C=O) groups excluding carboxylic acids is 4. The molecule has 5 atom stereocenters. The Morgan fingerprint density at radius 3 is 2.27 bits per heavy atom. The van der Waals surface area contributed by atoms with Gasteiger partial charge in [0, 0.05) is 44.7 Å². The summed E-state index contributed by atoms with van der Waals surface area (Å²) >= 11 is 0. The first-order valence-corrected chi connectivity index (χ1v) is 20.0. The molecular formula is C46H54N2O11. The van der Waals surface area contributed by atoms with E-state index in [0.717, 1.165) is 22.3 Å². The third-order valence-corrected chi connectivity index (χ3v) is 10.5. The molecule has 2 aliphatic carbocycles. The van der Waals surface area contributed by atoms with Crippen molar-refractivity contribution in [3.05, 3.63) is 125 Å². The molecule has 0 saturated carbocycles. The monoisotopic (exact) mass is 810 g/mol. The number of ether oxygens (including phenoxy) is 5. The van der Waals surface area contributed by atoms with E-state index in [2.05, 4.69) is 5.32 Å². The number of aliphatic hydroxyl groups is 2. The molecule has 0 bridgehead atoms. The zero-order valence-electron chi connectivity index (χ0n) is 34.0.